The summed E-state index contributed by atoms with van der Waals surface area (Å²) >= 11 is 0. The molecule has 4 aliphatic carbocycles. The summed E-state index contributed by atoms with van der Waals surface area (Å²) in [6.45, 7) is 10.1. The van der Waals surface area contributed by atoms with E-state index in [0.717, 1.165) is 58.2 Å². The van der Waals surface area contributed by atoms with Gasteiger partial charge < -0.3 is 20.8 Å². The molecule has 1 aliphatic heterocycles. The van der Waals surface area contributed by atoms with Gasteiger partial charge in [-0.2, -0.15) is 0 Å². The first-order valence-electron chi connectivity index (χ1n) is 13.1. The van der Waals surface area contributed by atoms with Crippen LogP contribution in [0, 0.1) is 34.5 Å². The molecule has 5 rings (SSSR count). The number of aliphatic hydroxyl groups excluding tert-OH is 1. The minimum Gasteiger partial charge on any atom is -0.481 e. The fourth-order valence-electron chi connectivity index (χ4n) is 8.86. The number of rotatable bonds is 4. The number of carboxylic acids is 1. The van der Waals surface area contributed by atoms with Gasteiger partial charge in [0.15, 0.2) is 0 Å². The van der Waals surface area contributed by atoms with Crippen molar-refractivity contribution < 1.29 is 15.0 Å². The molecular formula is C27H42N2O3. The van der Waals surface area contributed by atoms with Gasteiger partial charge in [0.25, 0.3) is 0 Å². The van der Waals surface area contributed by atoms with Gasteiger partial charge in [0.05, 0.1) is 12.5 Å². The predicted molar refractivity (Wildman–Crippen MR) is 126 cm³/mol. The summed E-state index contributed by atoms with van der Waals surface area (Å²) in [7, 11) is 0. The lowest BCUT2D eigenvalue weighted by atomic mass is 9.45. The summed E-state index contributed by atoms with van der Waals surface area (Å²) in [6, 6.07) is 0.264. The zero-order valence-corrected chi connectivity index (χ0v) is 20.1. The van der Waals surface area contributed by atoms with E-state index in [9.17, 15) is 15.0 Å². The summed E-state index contributed by atoms with van der Waals surface area (Å²) in [6.07, 6.45) is 9.92. The van der Waals surface area contributed by atoms with Crippen LogP contribution in [0.25, 0.3) is 0 Å². The molecule has 0 aromatic rings. The molecule has 32 heavy (non-hydrogen) atoms. The summed E-state index contributed by atoms with van der Waals surface area (Å²) in [5.74, 6) is 1.65. The van der Waals surface area contributed by atoms with Crippen LogP contribution in [0.1, 0.15) is 72.1 Å². The van der Waals surface area contributed by atoms with E-state index >= 15 is 0 Å². The van der Waals surface area contributed by atoms with Gasteiger partial charge in [-0.15, -0.1) is 0 Å². The first kappa shape index (κ1) is 22.6. The molecule has 3 unspecified atom stereocenters. The number of piperazine rings is 1. The highest BCUT2D eigenvalue weighted by Crippen LogP contribution is 2.68. The Morgan fingerprint density at radius 2 is 1.91 bits per heavy atom. The second kappa shape index (κ2) is 8.25. The fraction of sp³-hybridized carbons (Fsp3) is 0.815. The van der Waals surface area contributed by atoms with Gasteiger partial charge in [-0.05, 0) is 85.0 Å². The van der Waals surface area contributed by atoms with Crippen molar-refractivity contribution in [2.75, 3.05) is 19.6 Å². The van der Waals surface area contributed by atoms with Crippen molar-refractivity contribution in [3.8, 4) is 0 Å². The van der Waals surface area contributed by atoms with Crippen molar-refractivity contribution in [2.45, 2.75) is 84.3 Å². The maximum absolute atomic E-state index is 11.9. The first-order valence-corrected chi connectivity index (χ1v) is 13.1. The maximum atomic E-state index is 11.9. The molecule has 0 spiro atoms. The third-order valence-electron chi connectivity index (χ3n) is 10.3. The molecule has 178 valence electrons. The summed E-state index contributed by atoms with van der Waals surface area (Å²) in [5, 5.41) is 27.4. The van der Waals surface area contributed by atoms with Gasteiger partial charge in [0, 0.05) is 25.7 Å². The van der Waals surface area contributed by atoms with Crippen LogP contribution in [0.5, 0.6) is 0 Å². The third kappa shape index (κ3) is 3.42. The van der Waals surface area contributed by atoms with Crippen molar-refractivity contribution in [1.82, 2.24) is 10.6 Å². The van der Waals surface area contributed by atoms with Crippen LogP contribution < -0.4 is 10.6 Å². The van der Waals surface area contributed by atoms with E-state index in [1.165, 1.54) is 23.1 Å². The highest BCUT2D eigenvalue weighted by atomic mass is 16.4. The van der Waals surface area contributed by atoms with Crippen LogP contribution in [-0.2, 0) is 4.79 Å². The van der Waals surface area contributed by atoms with Crippen LogP contribution in [-0.4, -0.2) is 48.0 Å². The van der Waals surface area contributed by atoms with Crippen LogP contribution in [0.2, 0.25) is 0 Å². The Morgan fingerprint density at radius 1 is 1.12 bits per heavy atom. The molecule has 0 aromatic heterocycles. The van der Waals surface area contributed by atoms with Crippen molar-refractivity contribution in [3.63, 3.8) is 0 Å². The quantitative estimate of drug-likeness (QED) is 0.497. The van der Waals surface area contributed by atoms with E-state index in [2.05, 4.69) is 37.5 Å². The standard InChI is InChI=1S/C27H42N2O3/c1-4-16-11-18-14-19(30)5-7-26(18,2)20-6-8-27(3)21(24(16)20)12-17(13-23(31)32)25(27)22-15-28-9-10-29-22/h11,16,19-22,24,28-30H,4-10,12-15H2,1-3H3,(H,31,32)/t16?,19?,20-,21+,22?,24-,26+,27+/m1/s1. The molecule has 0 amide bonds. The van der Waals surface area contributed by atoms with Crippen LogP contribution in [0.15, 0.2) is 22.8 Å². The highest BCUT2D eigenvalue weighted by molar-refractivity contribution is 5.71. The summed E-state index contributed by atoms with van der Waals surface area (Å²) in [5.41, 5.74) is 4.46. The molecule has 0 radical (unpaired) electrons. The Kier molecular flexibility index (Phi) is 5.83. The minimum atomic E-state index is -0.689. The summed E-state index contributed by atoms with van der Waals surface area (Å²) in [4.78, 5) is 11.9. The number of fused-ring (bicyclic) bond motifs is 5. The molecule has 3 fully saturated rings. The topological polar surface area (TPSA) is 81.6 Å². The zero-order chi connectivity index (χ0) is 22.7. The number of carbonyl (C=O) groups is 1. The minimum absolute atomic E-state index is 0.0892. The molecule has 1 saturated heterocycles. The van der Waals surface area contributed by atoms with Gasteiger partial charge in [-0.25, -0.2) is 0 Å². The van der Waals surface area contributed by atoms with Gasteiger partial charge in [0.1, 0.15) is 0 Å². The van der Waals surface area contributed by atoms with Crippen molar-refractivity contribution in [1.29, 1.82) is 0 Å². The lowest BCUT2D eigenvalue weighted by Crippen LogP contribution is -2.56. The largest absolute Gasteiger partial charge is 0.481 e. The van der Waals surface area contributed by atoms with Gasteiger partial charge >= 0.3 is 5.97 Å². The second-order valence-corrected chi connectivity index (χ2v) is 11.8. The molecule has 8 atom stereocenters. The van der Waals surface area contributed by atoms with Crippen LogP contribution >= 0.6 is 0 Å². The van der Waals surface area contributed by atoms with Crippen molar-refractivity contribution in [3.05, 3.63) is 22.8 Å². The average Bonchev–Trinajstić information content (AvgIpc) is 3.05. The highest BCUT2D eigenvalue weighted by Gasteiger charge is 2.60. The number of allylic oxidation sites excluding steroid dienone is 1. The summed E-state index contributed by atoms with van der Waals surface area (Å²) < 4.78 is 0. The van der Waals surface area contributed by atoms with Crippen molar-refractivity contribution in [2.24, 2.45) is 34.5 Å². The normalized spacial score (nSPS) is 46.2. The molecule has 2 saturated carbocycles. The molecule has 5 heteroatoms. The molecule has 1 heterocycles. The second-order valence-electron chi connectivity index (χ2n) is 11.8. The Bertz CT molecular complexity index is 829. The van der Waals surface area contributed by atoms with Gasteiger partial charge in [0.2, 0.25) is 0 Å². The fourth-order valence-corrected chi connectivity index (χ4v) is 8.86. The van der Waals surface area contributed by atoms with Crippen molar-refractivity contribution >= 4 is 5.97 Å². The molecule has 5 nitrogen and oxygen atoms in total. The number of aliphatic carboxylic acids is 1. The van der Waals surface area contributed by atoms with E-state index in [1.54, 1.807) is 0 Å². The molecule has 0 bridgehead atoms. The number of carboxylic acid groups (broad SMARTS) is 1. The smallest absolute Gasteiger partial charge is 0.307 e. The van der Waals surface area contributed by atoms with Gasteiger partial charge in [-0.3, -0.25) is 4.79 Å². The zero-order valence-electron chi connectivity index (χ0n) is 20.1. The first-order chi connectivity index (χ1) is 15.3. The number of nitrogens with one attached hydrogen (secondary N) is 2. The lowest BCUT2D eigenvalue weighted by Gasteiger charge is -2.60. The number of aliphatic hydroxyl groups is 1. The van der Waals surface area contributed by atoms with E-state index < -0.39 is 5.97 Å². The van der Waals surface area contributed by atoms with Crippen LogP contribution in [0.3, 0.4) is 0 Å². The van der Waals surface area contributed by atoms with Crippen LogP contribution in [0.4, 0.5) is 0 Å². The Hall–Kier alpha value is -1.17. The van der Waals surface area contributed by atoms with E-state index in [0.29, 0.717) is 23.7 Å². The van der Waals surface area contributed by atoms with Gasteiger partial charge in [-0.1, -0.05) is 38.0 Å². The predicted octanol–water partition coefficient (Wildman–Crippen LogP) is 3.89. The Morgan fingerprint density at radius 3 is 2.59 bits per heavy atom. The Balaban J connectivity index is 1.54. The molecule has 0 aromatic carbocycles. The molecule has 4 N–H and O–H groups in total. The van der Waals surface area contributed by atoms with E-state index in [-0.39, 0.29) is 29.4 Å². The molecular weight excluding hydrogens is 400 g/mol. The van der Waals surface area contributed by atoms with E-state index in [1.807, 2.05) is 0 Å². The SMILES string of the molecule is CCC1C=C2CC(O)CC[C@]2(C)[C@@H]2CC[C@]3(C)C(C4CNCCN4)=C(CC(=O)O)C[C@H]3[C@H]12. The monoisotopic (exact) mass is 442 g/mol. The Labute approximate surface area is 193 Å². The third-order valence-corrected chi connectivity index (χ3v) is 10.3. The lowest BCUT2D eigenvalue weighted by molar-refractivity contribution is -0.136. The number of hydrogen-bond acceptors (Lipinski definition) is 4. The molecule has 5 aliphatic rings. The maximum Gasteiger partial charge on any atom is 0.307 e. The average molecular weight is 443 g/mol. The van der Waals surface area contributed by atoms with E-state index in [4.69, 9.17) is 0 Å². The number of hydrogen-bond donors (Lipinski definition) is 4.